The Morgan fingerprint density at radius 1 is 1.35 bits per heavy atom. The number of likely N-dealkylation sites (tertiary alicyclic amines) is 1. The van der Waals surface area contributed by atoms with E-state index in [4.69, 9.17) is 5.73 Å². The summed E-state index contributed by atoms with van der Waals surface area (Å²) in [5.41, 5.74) is 7.64. The number of anilines is 1. The molecule has 0 aromatic heterocycles. The van der Waals surface area contributed by atoms with E-state index in [0.29, 0.717) is 0 Å². The average Bonchev–Trinajstić information content (AvgIpc) is 2.71. The lowest BCUT2D eigenvalue weighted by Gasteiger charge is -2.17. The van der Waals surface area contributed by atoms with Crippen LogP contribution in [-0.4, -0.2) is 38.0 Å². The van der Waals surface area contributed by atoms with E-state index in [1.165, 1.54) is 5.56 Å². The first-order valence-electron chi connectivity index (χ1n) is 5.87. The summed E-state index contributed by atoms with van der Waals surface area (Å²) in [6, 6.07) is 7.84. The smallest absolute Gasteiger partial charge is 0.224 e. The van der Waals surface area contributed by atoms with Crippen molar-refractivity contribution in [2.75, 3.05) is 32.9 Å². The maximum Gasteiger partial charge on any atom is 0.224 e. The molecular weight excluding hydrogens is 214 g/mol. The van der Waals surface area contributed by atoms with Crippen LogP contribution in [0.25, 0.3) is 0 Å². The van der Waals surface area contributed by atoms with Crippen molar-refractivity contribution >= 4 is 11.6 Å². The van der Waals surface area contributed by atoms with E-state index in [2.05, 4.69) is 10.2 Å². The highest BCUT2D eigenvalue weighted by atomic mass is 16.1. The summed E-state index contributed by atoms with van der Waals surface area (Å²) in [5.74, 6) is 0.422. The molecule has 1 aromatic rings. The molecule has 4 heteroatoms. The maximum atomic E-state index is 11.8. The Hall–Kier alpha value is -1.55. The van der Waals surface area contributed by atoms with Crippen molar-refractivity contribution in [3.8, 4) is 0 Å². The fourth-order valence-corrected chi connectivity index (χ4v) is 2.53. The maximum absolute atomic E-state index is 11.8. The molecule has 17 heavy (non-hydrogen) atoms. The highest BCUT2D eigenvalue weighted by molar-refractivity contribution is 5.80. The minimum Gasteiger partial charge on any atom is -0.399 e. The van der Waals surface area contributed by atoms with Gasteiger partial charge in [0, 0.05) is 31.7 Å². The average molecular weight is 233 g/mol. The molecule has 1 aliphatic heterocycles. The number of nitrogens with two attached hydrogens (primary N) is 1. The molecule has 2 rings (SSSR count). The van der Waals surface area contributed by atoms with Crippen LogP contribution in [0.4, 0.5) is 5.69 Å². The normalized spacial score (nSPS) is 24.8. The third-order valence-electron chi connectivity index (χ3n) is 3.45. The SMILES string of the molecule is CNC(=O)[C@H]1CN(C)C[C@H]1c1ccc(N)cc1. The second-order valence-corrected chi connectivity index (χ2v) is 4.72. The standard InChI is InChI=1S/C13H19N3O/c1-15-13(17)12-8-16(2)7-11(12)9-3-5-10(14)6-4-9/h3-6,11-12H,7-8,14H2,1-2H3,(H,15,17)/t11-,12-/m0/s1. The van der Waals surface area contributed by atoms with Gasteiger partial charge in [0.15, 0.2) is 0 Å². The number of hydrogen-bond acceptors (Lipinski definition) is 3. The van der Waals surface area contributed by atoms with E-state index in [0.717, 1.165) is 18.8 Å². The monoisotopic (exact) mass is 233 g/mol. The van der Waals surface area contributed by atoms with Crippen LogP contribution in [0.2, 0.25) is 0 Å². The Morgan fingerprint density at radius 3 is 2.59 bits per heavy atom. The van der Waals surface area contributed by atoms with Gasteiger partial charge in [-0.2, -0.15) is 0 Å². The molecule has 3 N–H and O–H groups in total. The zero-order chi connectivity index (χ0) is 12.4. The highest BCUT2D eigenvalue weighted by Gasteiger charge is 2.36. The predicted octanol–water partition coefficient (Wildman–Crippen LogP) is 0.660. The molecular formula is C13H19N3O. The minimum absolute atomic E-state index is 0.0358. The van der Waals surface area contributed by atoms with Gasteiger partial charge in [-0.25, -0.2) is 0 Å². The fraction of sp³-hybridized carbons (Fsp3) is 0.462. The summed E-state index contributed by atoms with van der Waals surface area (Å²) in [6.45, 7) is 1.73. The van der Waals surface area contributed by atoms with Gasteiger partial charge in [-0.15, -0.1) is 0 Å². The van der Waals surface area contributed by atoms with Crippen molar-refractivity contribution in [2.45, 2.75) is 5.92 Å². The molecule has 1 aromatic carbocycles. The van der Waals surface area contributed by atoms with Crippen molar-refractivity contribution in [1.82, 2.24) is 10.2 Å². The number of nitrogens with one attached hydrogen (secondary N) is 1. The van der Waals surface area contributed by atoms with Crippen molar-refractivity contribution in [1.29, 1.82) is 0 Å². The number of rotatable bonds is 2. The van der Waals surface area contributed by atoms with Crippen molar-refractivity contribution < 1.29 is 4.79 Å². The fourth-order valence-electron chi connectivity index (χ4n) is 2.53. The molecule has 1 aliphatic rings. The van der Waals surface area contributed by atoms with E-state index >= 15 is 0 Å². The first-order valence-corrected chi connectivity index (χ1v) is 5.87. The largest absolute Gasteiger partial charge is 0.399 e. The van der Waals surface area contributed by atoms with E-state index in [1.54, 1.807) is 7.05 Å². The summed E-state index contributed by atoms with van der Waals surface area (Å²) in [5, 5.41) is 2.75. The molecule has 1 saturated heterocycles. The second kappa shape index (κ2) is 4.75. The Balaban J connectivity index is 2.23. The molecule has 92 valence electrons. The molecule has 1 fully saturated rings. The van der Waals surface area contributed by atoms with Gasteiger partial charge in [-0.05, 0) is 24.7 Å². The summed E-state index contributed by atoms with van der Waals surface area (Å²) in [7, 11) is 3.74. The lowest BCUT2D eigenvalue weighted by Crippen LogP contribution is -2.31. The number of likely N-dealkylation sites (N-methyl/N-ethyl adjacent to an activating group) is 1. The molecule has 0 saturated carbocycles. The summed E-state index contributed by atoms with van der Waals surface area (Å²) >= 11 is 0. The van der Waals surface area contributed by atoms with Crippen molar-refractivity contribution in [2.24, 2.45) is 5.92 Å². The summed E-state index contributed by atoms with van der Waals surface area (Å²) < 4.78 is 0. The predicted molar refractivity (Wildman–Crippen MR) is 68.6 cm³/mol. The van der Waals surface area contributed by atoms with Crippen LogP contribution in [0.1, 0.15) is 11.5 Å². The van der Waals surface area contributed by atoms with Crippen LogP contribution >= 0.6 is 0 Å². The van der Waals surface area contributed by atoms with Gasteiger partial charge >= 0.3 is 0 Å². The van der Waals surface area contributed by atoms with E-state index in [-0.39, 0.29) is 17.7 Å². The molecule has 1 heterocycles. The Morgan fingerprint density at radius 2 is 2.00 bits per heavy atom. The molecule has 1 amide bonds. The van der Waals surface area contributed by atoms with Crippen molar-refractivity contribution in [3.05, 3.63) is 29.8 Å². The molecule has 0 unspecified atom stereocenters. The number of carbonyl (C=O) groups excluding carboxylic acids is 1. The van der Waals surface area contributed by atoms with Gasteiger partial charge in [0.2, 0.25) is 5.91 Å². The van der Waals surface area contributed by atoms with Crippen LogP contribution < -0.4 is 11.1 Å². The first-order chi connectivity index (χ1) is 8.11. The van der Waals surface area contributed by atoms with Crippen LogP contribution in [0, 0.1) is 5.92 Å². The van der Waals surface area contributed by atoms with Gasteiger partial charge in [0.1, 0.15) is 0 Å². The number of nitrogens with zero attached hydrogens (tertiary/aromatic N) is 1. The lowest BCUT2D eigenvalue weighted by molar-refractivity contribution is -0.124. The third kappa shape index (κ3) is 2.42. The van der Waals surface area contributed by atoms with Crippen LogP contribution in [0.5, 0.6) is 0 Å². The number of hydrogen-bond donors (Lipinski definition) is 2. The minimum atomic E-state index is 0.0358. The number of benzene rings is 1. The zero-order valence-electron chi connectivity index (χ0n) is 10.3. The Bertz CT molecular complexity index is 402. The molecule has 0 radical (unpaired) electrons. The quantitative estimate of drug-likeness (QED) is 0.738. The Labute approximate surface area is 102 Å². The summed E-state index contributed by atoms with van der Waals surface area (Å²) in [4.78, 5) is 14.0. The first kappa shape index (κ1) is 11.9. The van der Waals surface area contributed by atoms with Crippen LogP contribution in [0.15, 0.2) is 24.3 Å². The third-order valence-corrected chi connectivity index (χ3v) is 3.45. The Kier molecular flexibility index (Phi) is 3.33. The highest BCUT2D eigenvalue weighted by Crippen LogP contribution is 2.32. The van der Waals surface area contributed by atoms with Gasteiger partial charge in [-0.1, -0.05) is 12.1 Å². The van der Waals surface area contributed by atoms with Gasteiger partial charge in [0.05, 0.1) is 5.92 Å². The van der Waals surface area contributed by atoms with Crippen molar-refractivity contribution in [3.63, 3.8) is 0 Å². The molecule has 2 atom stereocenters. The van der Waals surface area contributed by atoms with Crippen LogP contribution in [0.3, 0.4) is 0 Å². The second-order valence-electron chi connectivity index (χ2n) is 4.72. The number of carbonyl (C=O) groups is 1. The molecule has 0 aliphatic carbocycles. The molecule has 0 bridgehead atoms. The van der Waals surface area contributed by atoms with Crippen LogP contribution in [-0.2, 0) is 4.79 Å². The van der Waals surface area contributed by atoms with Gasteiger partial charge in [-0.3, -0.25) is 4.79 Å². The van der Waals surface area contributed by atoms with Gasteiger partial charge in [0.25, 0.3) is 0 Å². The lowest BCUT2D eigenvalue weighted by atomic mass is 9.88. The summed E-state index contributed by atoms with van der Waals surface area (Å²) in [6.07, 6.45) is 0. The topological polar surface area (TPSA) is 58.4 Å². The van der Waals surface area contributed by atoms with E-state index < -0.39 is 0 Å². The van der Waals surface area contributed by atoms with Gasteiger partial charge < -0.3 is 16.0 Å². The zero-order valence-corrected chi connectivity index (χ0v) is 10.3. The van der Waals surface area contributed by atoms with E-state index in [1.807, 2.05) is 31.3 Å². The number of amides is 1. The molecule has 4 nitrogen and oxygen atoms in total. The number of nitrogen functional groups attached to an aromatic ring is 1. The van der Waals surface area contributed by atoms with E-state index in [9.17, 15) is 4.79 Å². The molecule has 0 spiro atoms.